The molecular weight excluding hydrogens is 819 g/mol. The molecular formula is C43H74N3O11Si3+. The number of nitrogens with one attached hydrogen (secondary N) is 1. The lowest BCUT2D eigenvalue weighted by atomic mass is 9.99. The van der Waals surface area contributed by atoms with Gasteiger partial charge in [-0.25, -0.2) is 9.59 Å². The van der Waals surface area contributed by atoms with Gasteiger partial charge in [-0.05, 0) is 66.0 Å². The SMILES string of the molecule is CN(CC[NH+](C)Cc1ccccc1)C(=O)OCc1ccc(O[C@@H]2O[C@H](C(=O)O)[C@@H](O[Si](C)(C)C(C)(C)C)[C@H](O[Si](C)(C)C(C)(C)C)[C@H]2O[Si](C)(C)C(C)(C)C)c([N+](=O)[O-])c1. The van der Waals surface area contributed by atoms with E-state index in [1.807, 2.05) is 18.2 Å². The highest BCUT2D eigenvalue weighted by Crippen LogP contribution is 2.46. The zero-order valence-corrected chi connectivity index (χ0v) is 42.3. The summed E-state index contributed by atoms with van der Waals surface area (Å²) in [6.07, 6.45) is -6.63. The Morgan fingerprint density at radius 3 is 1.78 bits per heavy atom. The molecule has 17 heteroatoms. The summed E-state index contributed by atoms with van der Waals surface area (Å²) in [6.45, 7) is 32.9. The predicted octanol–water partition coefficient (Wildman–Crippen LogP) is 8.24. The third-order valence-electron chi connectivity index (χ3n) is 12.8. The van der Waals surface area contributed by atoms with Crippen molar-refractivity contribution in [2.24, 2.45) is 0 Å². The van der Waals surface area contributed by atoms with E-state index < -0.39 is 78.3 Å². The van der Waals surface area contributed by atoms with Gasteiger partial charge in [0, 0.05) is 18.7 Å². The van der Waals surface area contributed by atoms with Crippen LogP contribution >= 0.6 is 0 Å². The Morgan fingerprint density at radius 1 is 0.800 bits per heavy atom. The van der Waals surface area contributed by atoms with E-state index in [0.717, 1.165) is 6.54 Å². The van der Waals surface area contributed by atoms with E-state index in [-0.39, 0.29) is 27.5 Å². The minimum absolute atomic E-state index is 0.163. The van der Waals surface area contributed by atoms with Crippen molar-refractivity contribution in [2.75, 3.05) is 27.2 Å². The van der Waals surface area contributed by atoms with Gasteiger partial charge in [-0.1, -0.05) is 98.7 Å². The number of amides is 1. The van der Waals surface area contributed by atoms with Crippen molar-refractivity contribution in [2.45, 2.75) is 161 Å². The summed E-state index contributed by atoms with van der Waals surface area (Å²) < 4.78 is 39.6. The van der Waals surface area contributed by atoms with Crippen LogP contribution in [-0.2, 0) is 40.7 Å². The topological polar surface area (TPSA) is 161 Å². The van der Waals surface area contributed by atoms with Crippen molar-refractivity contribution in [1.82, 2.24) is 4.90 Å². The van der Waals surface area contributed by atoms with Gasteiger partial charge in [0.15, 0.2) is 36.8 Å². The Balaban J connectivity index is 2.01. The molecule has 1 saturated heterocycles. The number of carboxylic acids is 1. The number of carbonyl (C=O) groups excluding carboxylic acids is 1. The Morgan fingerprint density at radius 2 is 1.30 bits per heavy atom. The highest BCUT2D eigenvalue weighted by molar-refractivity contribution is 6.75. The molecule has 1 amide bonds. The number of aliphatic carboxylic acids is 1. The summed E-state index contributed by atoms with van der Waals surface area (Å²) in [4.78, 5) is 40.9. The summed E-state index contributed by atoms with van der Waals surface area (Å²) in [5, 5.41) is 22.6. The van der Waals surface area contributed by atoms with E-state index in [1.54, 1.807) is 13.1 Å². The molecule has 0 aromatic heterocycles. The second-order valence-corrected chi connectivity index (χ2v) is 35.1. The molecule has 1 aliphatic rings. The fraction of sp³-hybridized carbons (Fsp3) is 0.674. The average molecular weight is 893 g/mol. The van der Waals surface area contributed by atoms with Gasteiger partial charge in [0.2, 0.25) is 6.29 Å². The lowest BCUT2D eigenvalue weighted by molar-refractivity contribution is -0.893. The van der Waals surface area contributed by atoms with E-state index in [0.29, 0.717) is 18.7 Å². The third kappa shape index (κ3) is 13.2. The summed E-state index contributed by atoms with van der Waals surface area (Å²) in [6, 6.07) is 14.4. The summed E-state index contributed by atoms with van der Waals surface area (Å²) >= 11 is 0. The van der Waals surface area contributed by atoms with Gasteiger partial charge >= 0.3 is 17.7 Å². The first-order valence-electron chi connectivity index (χ1n) is 20.9. The second kappa shape index (κ2) is 19.5. The van der Waals surface area contributed by atoms with Gasteiger partial charge in [0.1, 0.15) is 31.5 Å². The summed E-state index contributed by atoms with van der Waals surface area (Å²) in [5.74, 6) is -1.44. The smallest absolute Gasteiger partial charge is 0.410 e. The van der Waals surface area contributed by atoms with Gasteiger partial charge in [-0.2, -0.15) is 0 Å². The molecule has 14 nitrogen and oxygen atoms in total. The van der Waals surface area contributed by atoms with Crippen molar-refractivity contribution >= 4 is 42.7 Å². The lowest BCUT2D eigenvalue weighted by Crippen LogP contribution is -3.08. The maximum atomic E-state index is 13.2. The van der Waals surface area contributed by atoms with E-state index >= 15 is 0 Å². The van der Waals surface area contributed by atoms with Gasteiger partial charge in [-0.3, -0.25) is 10.1 Å². The van der Waals surface area contributed by atoms with Crippen molar-refractivity contribution in [3.63, 3.8) is 0 Å². The van der Waals surface area contributed by atoms with Crippen LogP contribution in [0.4, 0.5) is 10.5 Å². The molecule has 60 heavy (non-hydrogen) atoms. The standard InChI is InChI=1S/C43H73N3O11Si3/c1-41(2,3)58(12,13)55-34-35(56-59(14,15)42(4,5)6)37(57-60(16,17)43(7,8)9)39(54-36(34)38(47)48)53-33-24-23-31(27-32(33)46(50)51)29-52-40(49)45(11)26-25-44(10)28-30-21-19-18-20-22-30/h18-24,27,34-37,39H,25-26,28-29H2,1-17H3,(H,47,48)/p+1/t34-,35-,36-,37+,39+/m0/s1. The molecule has 2 aromatic carbocycles. The van der Waals surface area contributed by atoms with E-state index in [9.17, 15) is 24.8 Å². The number of nitro groups is 1. The molecule has 1 heterocycles. The van der Waals surface area contributed by atoms with Crippen LogP contribution in [0.2, 0.25) is 54.4 Å². The Hall–Kier alpha value is -3.17. The highest BCUT2D eigenvalue weighted by atomic mass is 28.4. The maximum absolute atomic E-state index is 13.2. The van der Waals surface area contributed by atoms with Crippen molar-refractivity contribution in [1.29, 1.82) is 0 Å². The van der Waals surface area contributed by atoms with Crippen LogP contribution in [0.5, 0.6) is 5.75 Å². The Kier molecular flexibility index (Phi) is 16.6. The number of rotatable bonds is 17. The zero-order chi connectivity index (χ0) is 45.8. The highest BCUT2D eigenvalue weighted by Gasteiger charge is 2.59. The number of likely N-dealkylation sites (N-methyl/N-ethyl adjacent to an activating group) is 2. The van der Waals surface area contributed by atoms with Crippen molar-refractivity contribution in [3.05, 3.63) is 69.8 Å². The summed E-state index contributed by atoms with van der Waals surface area (Å²) in [7, 11) is -4.34. The van der Waals surface area contributed by atoms with E-state index in [1.165, 1.54) is 27.5 Å². The second-order valence-electron chi connectivity index (χ2n) is 20.8. The molecule has 0 bridgehead atoms. The van der Waals surface area contributed by atoms with Gasteiger partial charge in [0.25, 0.3) is 0 Å². The van der Waals surface area contributed by atoms with Crippen LogP contribution in [0.15, 0.2) is 48.5 Å². The Bertz CT molecular complexity index is 1770. The number of carboxylic acid groups (broad SMARTS) is 1. The number of hydrogen-bond donors (Lipinski definition) is 2. The molecule has 1 aliphatic heterocycles. The van der Waals surface area contributed by atoms with Gasteiger partial charge < -0.3 is 42.4 Å². The molecule has 3 rings (SSSR count). The average Bonchev–Trinajstić information content (AvgIpc) is 3.10. The molecule has 6 atom stereocenters. The number of nitro benzene ring substituents is 1. The van der Waals surface area contributed by atoms with Gasteiger partial charge in [0.05, 0.1) is 25.1 Å². The molecule has 2 aromatic rings. The fourth-order valence-corrected chi connectivity index (χ4v) is 9.67. The summed E-state index contributed by atoms with van der Waals surface area (Å²) in [5.41, 5.74) is 1.15. The molecule has 2 N–H and O–H groups in total. The molecule has 0 aliphatic carbocycles. The quantitative estimate of drug-likeness (QED) is 0.0895. The minimum atomic E-state index is -2.70. The lowest BCUT2D eigenvalue weighted by Gasteiger charge is -2.53. The number of hydrogen-bond acceptors (Lipinski definition) is 10. The van der Waals surface area contributed by atoms with Crippen molar-refractivity contribution < 1.29 is 52.0 Å². The van der Waals surface area contributed by atoms with Crippen LogP contribution in [0, 0.1) is 10.1 Å². The first-order chi connectivity index (χ1) is 27.3. The maximum Gasteiger partial charge on any atom is 0.410 e. The zero-order valence-electron chi connectivity index (χ0n) is 39.3. The largest absolute Gasteiger partial charge is 0.479 e. The first kappa shape index (κ1) is 51.2. The molecule has 1 unspecified atom stereocenters. The number of ether oxygens (including phenoxy) is 3. The van der Waals surface area contributed by atoms with Crippen LogP contribution in [0.25, 0.3) is 0 Å². The third-order valence-corrected chi connectivity index (χ3v) is 26.2. The minimum Gasteiger partial charge on any atom is -0.479 e. The first-order valence-corrected chi connectivity index (χ1v) is 29.6. The van der Waals surface area contributed by atoms with Crippen LogP contribution in [0.3, 0.4) is 0 Å². The molecule has 0 radical (unpaired) electrons. The number of quaternary nitrogens is 1. The fourth-order valence-electron chi connectivity index (χ4n) is 5.80. The molecule has 1 fully saturated rings. The molecule has 0 saturated carbocycles. The number of benzene rings is 2. The predicted molar refractivity (Wildman–Crippen MR) is 241 cm³/mol. The van der Waals surface area contributed by atoms with E-state index in [2.05, 4.69) is 121 Å². The van der Waals surface area contributed by atoms with Crippen LogP contribution in [-0.4, -0.2) is 110 Å². The van der Waals surface area contributed by atoms with E-state index in [4.69, 9.17) is 27.5 Å². The number of nitrogens with zero attached hydrogens (tertiary/aromatic N) is 2. The molecule has 338 valence electrons. The monoisotopic (exact) mass is 892 g/mol. The normalized spacial score (nSPS) is 21.2. The molecule has 0 spiro atoms. The number of carbonyl (C=O) groups is 2. The van der Waals surface area contributed by atoms with Gasteiger partial charge in [-0.15, -0.1) is 0 Å². The Labute approximate surface area is 361 Å². The van der Waals surface area contributed by atoms with Crippen LogP contribution in [0.1, 0.15) is 73.4 Å². The van der Waals surface area contributed by atoms with Crippen molar-refractivity contribution in [3.8, 4) is 5.75 Å². The van der Waals surface area contributed by atoms with Crippen LogP contribution < -0.4 is 9.64 Å².